The first kappa shape index (κ1) is 12.7. The van der Waals surface area contributed by atoms with Crippen LogP contribution < -0.4 is 5.32 Å². The molecule has 1 aromatic carbocycles. The Balaban J connectivity index is 2.76. The smallest absolute Gasteiger partial charge is 0.0823 e. The fraction of sp³-hybridized carbons (Fsp3) is 0.500. The molecule has 84 valence electrons. The molecule has 1 aromatic rings. The van der Waals surface area contributed by atoms with E-state index in [-0.39, 0.29) is 0 Å². The lowest BCUT2D eigenvalue weighted by molar-refractivity contribution is 0.495. The minimum atomic E-state index is 0.394. The molecule has 0 saturated carbocycles. The van der Waals surface area contributed by atoms with Gasteiger partial charge in [0.25, 0.3) is 0 Å². The van der Waals surface area contributed by atoms with Gasteiger partial charge >= 0.3 is 0 Å². The Labute approximate surface area is 102 Å². The molecule has 2 unspecified atom stereocenters. The summed E-state index contributed by atoms with van der Waals surface area (Å²) in [6.07, 6.45) is 1.15. The topological polar surface area (TPSA) is 12.0 Å². The number of hydrogen-bond donors (Lipinski definition) is 1. The van der Waals surface area contributed by atoms with Gasteiger partial charge < -0.3 is 5.32 Å². The second-order valence-corrected chi connectivity index (χ2v) is 4.71. The van der Waals surface area contributed by atoms with Crippen molar-refractivity contribution < 1.29 is 0 Å². The molecule has 0 amide bonds. The number of anilines is 1. The molecule has 0 heterocycles. The van der Waals surface area contributed by atoms with E-state index in [4.69, 9.17) is 23.2 Å². The van der Waals surface area contributed by atoms with E-state index in [1.807, 2.05) is 12.1 Å². The largest absolute Gasteiger partial charge is 0.381 e. The van der Waals surface area contributed by atoms with E-state index < -0.39 is 0 Å². The Morgan fingerprint density at radius 2 is 1.93 bits per heavy atom. The van der Waals surface area contributed by atoms with Gasteiger partial charge in [0.1, 0.15) is 0 Å². The van der Waals surface area contributed by atoms with Gasteiger partial charge in [0, 0.05) is 6.04 Å². The first-order chi connectivity index (χ1) is 7.06. The molecule has 0 fully saturated rings. The van der Waals surface area contributed by atoms with Gasteiger partial charge in [-0.1, -0.05) is 49.5 Å². The maximum absolute atomic E-state index is 6.09. The number of benzene rings is 1. The van der Waals surface area contributed by atoms with Crippen LogP contribution in [-0.4, -0.2) is 6.04 Å². The summed E-state index contributed by atoms with van der Waals surface area (Å²) < 4.78 is 0. The van der Waals surface area contributed by atoms with Crippen LogP contribution in [-0.2, 0) is 0 Å². The first-order valence-electron chi connectivity index (χ1n) is 5.26. The predicted octanol–water partition coefficient (Wildman–Crippen LogP) is 4.84. The van der Waals surface area contributed by atoms with E-state index in [0.717, 1.165) is 12.1 Å². The molecular formula is C12H17Cl2N. The summed E-state index contributed by atoms with van der Waals surface area (Å²) in [7, 11) is 0. The number of hydrogen-bond acceptors (Lipinski definition) is 1. The van der Waals surface area contributed by atoms with E-state index in [1.165, 1.54) is 0 Å². The standard InChI is InChI=1S/C12H17Cl2N/c1-4-8(2)9(3)15-11-7-5-6-10(13)12(11)14/h5-9,15H,4H2,1-3H3. The monoisotopic (exact) mass is 245 g/mol. The van der Waals surface area contributed by atoms with Crippen LogP contribution in [0.25, 0.3) is 0 Å². The van der Waals surface area contributed by atoms with Gasteiger partial charge in [0.2, 0.25) is 0 Å². The average molecular weight is 246 g/mol. The molecule has 0 aromatic heterocycles. The lowest BCUT2D eigenvalue weighted by Crippen LogP contribution is -2.23. The summed E-state index contributed by atoms with van der Waals surface area (Å²) in [5.41, 5.74) is 0.914. The summed E-state index contributed by atoms with van der Waals surface area (Å²) in [4.78, 5) is 0. The third-order valence-electron chi connectivity index (χ3n) is 2.83. The molecule has 1 nitrogen and oxygen atoms in total. The van der Waals surface area contributed by atoms with Crippen molar-refractivity contribution in [2.24, 2.45) is 5.92 Å². The normalized spacial score (nSPS) is 14.7. The molecule has 1 N–H and O–H groups in total. The lowest BCUT2D eigenvalue weighted by Gasteiger charge is -2.21. The quantitative estimate of drug-likeness (QED) is 0.801. The maximum atomic E-state index is 6.09. The molecule has 2 atom stereocenters. The molecule has 0 radical (unpaired) electrons. The molecule has 0 spiro atoms. The van der Waals surface area contributed by atoms with Gasteiger partial charge in [-0.3, -0.25) is 0 Å². The van der Waals surface area contributed by atoms with E-state index >= 15 is 0 Å². The highest BCUT2D eigenvalue weighted by atomic mass is 35.5. The zero-order valence-electron chi connectivity index (χ0n) is 9.35. The van der Waals surface area contributed by atoms with Gasteiger partial charge in [-0.05, 0) is 25.0 Å². The van der Waals surface area contributed by atoms with Crippen LogP contribution >= 0.6 is 23.2 Å². The molecular weight excluding hydrogens is 229 g/mol. The predicted molar refractivity (Wildman–Crippen MR) is 69.0 cm³/mol. The number of nitrogens with one attached hydrogen (secondary N) is 1. The molecule has 0 saturated heterocycles. The Bertz CT molecular complexity index is 325. The highest BCUT2D eigenvalue weighted by molar-refractivity contribution is 6.43. The van der Waals surface area contributed by atoms with E-state index in [2.05, 4.69) is 26.1 Å². The van der Waals surface area contributed by atoms with E-state index in [9.17, 15) is 0 Å². The van der Waals surface area contributed by atoms with Crippen LogP contribution in [0.3, 0.4) is 0 Å². The number of halogens is 2. The Hall–Kier alpha value is -0.400. The molecule has 15 heavy (non-hydrogen) atoms. The first-order valence-corrected chi connectivity index (χ1v) is 6.02. The summed E-state index contributed by atoms with van der Waals surface area (Å²) in [5.74, 6) is 0.611. The lowest BCUT2D eigenvalue weighted by atomic mass is 10.0. The highest BCUT2D eigenvalue weighted by Gasteiger charge is 2.12. The average Bonchev–Trinajstić information content (AvgIpc) is 2.23. The van der Waals surface area contributed by atoms with Crippen LogP contribution in [0.4, 0.5) is 5.69 Å². The van der Waals surface area contributed by atoms with Crippen LogP contribution in [0.15, 0.2) is 18.2 Å². The van der Waals surface area contributed by atoms with Crippen molar-refractivity contribution in [3.05, 3.63) is 28.2 Å². The van der Waals surface area contributed by atoms with E-state index in [1.54, 1.807) is 6.07 Å². The maximum Gasteiger partial charge on any atom is 0.0823 e. The van der Waals surface area contributed by atoms with Crippen molar-refractivity contribution in [1.82, 2.24) is 0 Å². The van der Waals surface area contributed by atoms with Crippen LogP contribution in [0.1, 0.15) is 27.2 Å². The minimum Gasteiger partial charge on any atom is -0.381 e. The van der Waals surface area contributed by atoms with Gasteiger partial charge in [-0.15, -0.1) is 0 Å². The summed E-state index contributed by atoms with van der Waals surface area (Å²) in [5, 5.41) is 4.59. The van der Waals surface area contributed by atoms with Crippen molar-refractivity contribution >= 4 is 28.9 Å². The van der Waals surface area contributed by atoms with Crippen molar-refractivity contribution in [2.75, 3.05) is 5.32 Å². The molecule has 0 aliphatic heterocycles. The van der Waals surface area contributed by atoms with Crippen molar-refractivity contribution in [1.29, 1.82) is 0 Å². The summed E-state index contributed by atoms with van der Waals surface area (Å²) >= 11 is 12.0. The van der Waals surface area contributed by atoms with Crippen LogP contribution in [0.2, 0.25) is 10.0 Å². The highest BCUT2D eigenvalue weighted by Crippen LogP contribution is 2.30. The Morgan fingerprint density at radius 3 is 2.53 bits per heavy atom. The van der Waals surface area contributed by atoms with Crippen molar-refractivity contribution in [2.45, 2.75) is 33.2 Å². The zero-order valence-corrected chi connectivity index (χ0v) is 10.9. The minimum absolute atomic E-state index is 0.394. The Kier molecular flexibility index (Phi) is 4.75. The second-order valence-electron chi connectivity index (χ2n) is 3.92. The van der Waals surface area contributed by atoms with Crippen LogP contribution in [0.5, 0.6) is 0 Å². The van der Waals surface area contributed by atoms with Gasteiger partial charge in [-0.25, -0.2) is 0 Å². The zero-order chi connectivity index (χ0) is 11.4. The molecule has 0 bridgehead atoms. The van der Waals surface area contributed by atoms with Crippen molar-refractivity contribution in [3.8, 4) is 0 Å². The SMILES string of the molecule is CCC(C)C(C)Nc1cccc(Cl)c1Cl. The van der Waals surface area contributed by atoms with Gasteiger partial charge in [-0.2, -0.15) is 0 Å². The summed E-state index contributed by atoms with van der Waals surface area (Å²) in [6.45, 7) is 6.56. The third-order valence-corrected chi connectivity index (χ3v) is 3.65. The molecule has 3 heteroatoms. The third kappa shape index (κ3) is 3.29. The van der Waals surface area contributed by atoms with Crippen molar-refractivity contribution in [3.63, 3.8) is 0 Å². The van der Waals surface area contributed by atoms with Gasteiger partial charge in [0.15, 0.2) is 0 Å². The summed E-state index contributed by atoms with van der Waals surface area (Å²) in [6, 6.07) is 6.04. The fourth-order valence-electron chi connectivity index (χ4n) is 1.36. The number of rotatable bonds is 4. The molecule has 0 aliphatic rings. The van der Waals surface area contributed by atoms with E-state index in [0.29, 0.717) is 22.0 Å². The second kappa shape index (κ2) is 5.62. The molecule has 1 rings (SSSR count). The Morgan fingerprint density at radius 1 is 1.27 bits per heavy atom. The van der Waals surface area contributed by atoms with Gasteiger partial charge in [0.05, 0.1) is 15.7 Å². The van der Waals surface area contributed by atoms with Crippen LogP contribution in [0, 0.1) is 5.92 Å². The fourth-order valence-corrected chi connectivity index (χ4v) is 1.71. The molecule has 0 aliphatic carbocycles.